The predicted molar refractivity (Wildman–Crippen MR) is 127 cm³/mol. The van der Waals surface area contributed by atoms with Crippen molar-refractivity contribution in [2.24, 2.45) is 0 Å². The van der Waals surface area contributed by atoms with E-state index in [1.165, 1.54) is 5.56 Å². The Morgan fingerprint density at radius 1 is 1.10 bits per heavy atom. The van der Waals surface area contributed by atoms with Crippen LogP contribution in [0.1, 0.15) is 46.8 Å². The fourth-order valence-corrected chi connectivity index (χ4v) is 4.29. The summed E-state index contributed by atoms with van der Waals surface area (Å²) in [5.74, 6) is 1.76. The van der Waals surface area contributed by atoms with Crippen molar-refractivity contribution in [3.05, 3.63) is 87.9 Å². The third kappa shape index (κ3) is 5.38. The van der Waals surface area contributed by atoms with Gasteiger partial charge in [0.1, 0.15) is 5.75 Å². The third-order valence-corrected chi connectivity index (χ3v) is 6.28. The van der Waals surface area contributed by atoms with Crippen LogP contribution in [0.25, 0.3) is 0 Å². The van der Waals surface area contributed by atoms with Gasteiger partial charge in [-0.3, -0.25) is 4.79 Å². The van der Waals surface area contributed by atoms with Gasteiger partial charge < -0.3 is 10.1 Å². The molecule has 0 aliphatic heterocycles. The normalized spacial score (nSPS) is 10.9. The molecular formula is C25H26ClNO2S. The number of aryl methyl sites for hydroxylation is 1. The first kappa shape index (κ1) is 22.3. The molecule has 156 valence electrons. The maximum absolute atomic E-state index is 13.1. The molecule has 3 nitrogen and oxygen atoms in total. The molecule has 0 spiro atoms. The minimum absolute atomic E-state index is 0.114. The monoisotopic (exact) mass is 439 g/mol. The van der Waals surface area contributed by atoms with E-state index in [0.29, 0.717) is 5.56 Å². The number of carbonyl (C=O) groups excluding carboxylic acids is 1. The standard InChI is InChI=1S/C25H26ClNO2S/c1-16(2)20-14-21(17(3)13-23(20)29-4)25(28)27-22-7-5-6-8-24(22)30-15-18-9-11-19(26)12-10-18/h5-14,16H,15H2,1-4H3,(H,27,28). The van der Waals surface area contributed by atoms with Crippen molar-refractivity contribution in [3.8, 4) is 5.75 Å². The first-order chi connectivity index (χ1) is 14.4. The van der Waals surface area contributed by atoms with Gasteiger partial charge in [-0.1, -0.05) is 49.7 Å². The Morgan fingerprint density at radius 2 is 1.80 bits per heavy atom. The number of thioether (sulfide) groups is 1. The van der Waals surface area contributed by atoms with Crippen molar-refractivity contribution < 1.29 is 9.53 Å². The highest BCUT2D eigenvalue weighted by molar-refractivity contribution is 7.98. The number of rotatable bonds is 7. The van der Waals surface area contributed by atoms with Crippen molar-refractivity contribution in [1.82, 2.24) is 0 Å². The largest absolute Gasteiger partial charge is 0.496 e. The van der Waals surface area contributed by atoms with Crippen molar-refractivity contribution >= 4 is 35.0 Å². The van der Waals surface area contributed by atoms with Gasteiger partial charge in [0.2, 0.25) is 0 Å². The van der Waals surface area contributed by atoms with Crippen molar-refractivity contribution in [1.29, 1.82) is 0 Å². The molecule has 3 aromatic rings. The van der Waals surface area contributed by atoms with E-state index >= 15 is 0 Å². The molecule has 0 unspecified atom stereocenters. The van der Waals surface area contributed by atoms with Crippen LogP contribution in [0.3, 0.4) is 0 Å². The molecule has 30 heavy (non-hydrogen) atoms. The van der Waals surface area contributed by atoms with Crippen LogP contribution in [-0.2, 0) is 5.75 Å². The molecule has 0 aliphatic carbocycles. The number of amides is 1. The maximum Gasteiger partial charge on any atom is 0.255 e. The Labute approximate surface area is 187 Å². The van der Waals surface area contributed by atoms with E-state index in [9.17, 15) is 4.79 Å². The summed E-state index contributed by atoms with van der Waals surface area (Å²) in [4.78, 5) is 14.1. The van der Waals surface area contributed by atoms with E-state index in [0.717, 1.165) is 38.2 Å². The van der Waals surface area contributed by atoms with E-state index < -0.39 is 0 Å². The van der Waals surface area contributed by atoms with E-state index in [4.69, 9.17) is 16.3 Å². The zero-order valence-corrected chi connectivity index (χ0v) is 19.2. The number of para-hydroxylation sites is 1. The van der Waals surface area contributed by atoms with Gasteiger partial charge in [0.15, 0.2) is 0 Å². The molecule has 0 radical (unpaired) electrons. The summed E-state index contributed by atoms with van der Waals surface area (Å²) in [6.45, 7) is 6.12. The van der Waals surface area contributed by atoms with Gasteiger partial charge in [-0.15, -0.1) is 11.8 Å². The van der Waals surface area contributed by atoms with Crippen LogP contribution in [0, 0.1) is 6.92 Å². The molecule has 0 atom stereocenters. The van der Waals surface area contributed by atoms with Gasteiger partial charge >= 0.3 is 0 Å². The number of nitrogens with one attached hydrogen (secondary N) is 1. The lowest BCUT2D eigenvalue weighted by atomic mass is 9.96. The molecular weight excluding hydrogens is 414 g/mol. The van der Waals surface area contributed by atoms with Crippen LogP contribution in [0.5, 0.6) is 5.75 Å². The van der Waals surface area contributed by atoms with Gasteiger partial charge in [-0.25, -0.2) is 0 Å². The number of hydrogen-bond acceptors (Lipinski definition) is 3. The summed E-state index contributed by atoms with van der Waals surface area (Å²) in [6, 6.07) is 19.6. The van der Waals surface area contributed by atoms with Crippen molar-refractivity contribution in [2.45, 2.75) is 37.3 Å². The lowest BCUT2D eigenvalue weighted by molar-refractivity contribution is 0.102. The fraction of sp³-hybridized carbons (Fsp3) is 0.240. The Balaban J connectivity index is 1.80. The highest BCUT2D eigenvalue weighted by atomic mass is 35.5. The zero-order chi connectivity index (χ0) is 21.7. The molecule has 3 aromatic carbocycles. The Hall–Kier alpha value is -2.43. The van der Waals surface area contributed by atoms with E-state index in [1.807, 2.05) is 67.6 Å². The van der Waals surface area contributed by atoms with Gasteiger partial charge in [0.25, 0.3) is 5.91 Å². The average Bonchev–Trinajstić information content (AvgIpc) is 2.73. The molecule has 0 bridgehead atoms. The first-order valence-electron chi connectivity index (χ1n) is 9.85. The number of methoxy groups -OCH3 is 1. The summed E-state index contributed by atoms with van der Waals surface area (Å²) in [7, 11) is 1.66. The lowest BCUT2D eigenvalue weighted by Crippen LogP contribution is -2.15. The van der Waals surface area contributed by atoms with E-state index in [1.54, 1.807) is 18.9 Å². The van der Waals surface area contributed by atoms with Gasteiger partial charge in [-0.2, -0.15) is 0 Å². The van der Waals surface area contributed by atoms with Crippen LogP contribution in [-0.4, -0.2) is 13.0 Å². The summed E-state index contributed by atoms with van der Waals surface area (Å²) in [6.07, 6.45) is 0. The molecule has 0 saturated carbocycles. The van der Waals surface area contributed by atoms with Crippen LogP contribution in [0.2, 0.25) is 5.02 Å². The van der Waals surface area contributed by atoms with Gasteiger partial charge in [0, 0.05) is 21.2 Å². The molecule has 0 fully saturated rings. The molecule has 0 aliphatic rings. The number of anilines is 1. The summed E-state index contributed by atoms with van der Waals surface area (Å²) in [5, 5.41) is 3.82. The quantitative estimate of drug-likeness (QED) is 0.392. The van der Waals surface area contributed by atoms with Crippen LogP contribution >= 0.6 is 23.4 Å². The molecule has 0 heterocycles. The molecule has 5 heteroatoms. The minimum Gasteiger partial charge on any atom is -0.496 e. The minimum atomic E-state index is -0.114. The first-order valence-corrected chi connectivity index (χ1v) is 11.2. The second-order valence-electron chi connectivity index (χ2n) is 7.43. The topological polar surface area (TPSA) is 38.3 Å². The predicted octanol–water partition coefficient (Wildman–Crippen LogP) is 7.33. The molecule has 0 saturated heterocycles. The summed E-state index contributed by atoms with van der Waals surface area (Å²) >= 11 is 7.65. The lowest BCUT2D eigenvalue weighted by Gasteiger charge is -2.17. The fourth-order valence-electron chi connectivity index (χ4n) is 3.20. The summed E-state index contributed by atoms with van der Waals surface area (Å²) in [5.41, 5.74) is 4.57. The summed E-state index contributed by atoms with van der Waals surface area (Å²) < 4.78 is 5.50. The number of carbonyl (C=O) groups is 1. The average molecular weight is 440 g/mol. The second-order valence-corrected chi connectivity index (χ2v) is 8.88. The second kappa shape index (κ2) is 10.1. The maximum atomic E-state index is 13.1. The van der Waals surface area contributed by atoms with Gasteiger partial charge in [-0.05, 0) is 65.9 Å². The highest BCUT2D eigenvalue weighted by Gasteiger charge is 2.17. The number of benzene rings is 3. The Bertz CT molecular complexity index is 1030. The molecule has 1 N–H and O–H groups in total. The van der Waals surface area contributed by atoms with Crippen LogP contribution in [0.15, 0.2) is 65.6 Å². The zero-order valence-electron chi connectivity index (χ0n) is 17.7. The van der Waals surface area contributed by atoms with E-state index in [2.05, 4.69) is 19.2 Å². The third-order valence-electron chi connectivity index (χ3n) is 4.89. The highest BCUT2D eigenvalue weighted by Crippen LogP contribution is 2.32. The number of ether oxygens (including phenoxy) is 1. The van der Waals surface area contributed by atoms with Crippen LogP contribution in [0.4, 0.5) is 5.69 Å². The molecule has 0 aromatic heterocycles. The smallest absolute Gasteiger partial charge is 0.255 e. The van der Waals surface area contributed by atoms with Crippen molar-refractivity contribution in [2.75, 3.05) is 12.4 Å². The molecule has 1 amide bonds. The molecule has 3 rings (SSSR count). The van der Waals surface area contributed by atoms with Gasteiger partial charge in [0.05, 0.1) is 12.8 Å². The SMILES string of the molecule is COc1cc(C)c(C(=O)Nc2ccccc2SCc2ccc(Cl)cc2)cc1C(C)C. The Kier molecular flexibility index (Phi) is 7.46. The number of halogens is 1. The van der Waals surface area contributed by atoms with Crippen molar-refractivity contribution in [3.63, 3.8) is 0 Å². The van der Waals surface area contributed by atoms with E-state index in [-0.39, 0.29) is 11.8 Å². The Morgan fingerprint density at radius 3 is 2.47 bits per heavy atom. The van der Waals surface area contributed by atoms with Crippen LogP contribution < -0.4 is 10.1 Å². The number of hydrogen-bond donors (Lipinski definition) is 1.